The number of primary amides is 1. The molecule has 5 nitrogen and oxygen atoms in total. The molecule has 0 aliphatic carbocycles. The maximum absolute atomic E-state index is 11.5. The molecule has 1 saturated heterocycles. The summed E-state index contributed by atoms with van der Waals surface area (Å²) in [6.07, 6.45) is 4.32. The fraction of sp³-hybridized carbons (Fsp3) is 0.571. The van der Waals surface area contributed by atoms with Crippen molar-refractivity contribution in [3.05, 3.63) is 22.5 Å². The van der Waals surface area contributed by atoms with Crippen LogP contribution in [0.2, 0.25) is 0 Å². The lowest BCUT2D eigenvalue weighted by Gasteiger charge is -2.25. The average molecular weight is 263 g/mol. The molecule has 1 aliphatic heterocycles. The first-order valence-electron chi connectivity index (χ1n) is 6.74. The molecule has 19 heavy (non-hydrogen) atoms. The third-order valence-corrected chi connectivity index (χ3v) is 3.99. The van der Waals surface area contributed by atoms with Crippen molar-refractivity contribution in [2.24, 2.45) is 5.73 Å². The summed E-state index contributed by atoms with van der Waals surface area (Å²) in [6, 6.07) is 0.360. The van der Waals surface area contributed by atoms with E-state index in [4.69, 9.17) is 5.73 Å². The molecule has 1 aromatic heterocycles. The van der Waals surface area contributed by atoms with Crippen LogP contribution in [0.25, 0.3) is 0 Å². The molecule has 0 bridgehead atoms. The number of piperidine rings is 1. The van der Waals surface area contributed by atoms with Gasteiger partial charge in [0.2, 0.25) is 0 Å². The molecule has 1 atom stereocenters. The lowest BCUT2D eigenvalue weighted by molar-refractivity contribution is 0.0999. The Morgan fingerprint density at radius 1 is 1.47 bits per heavy atom. The molecule has 2 heterocycles. The van der Waals surface area contributed by atoms with E-state index in [1.165, 1.54) is 12.8 Å². The molecule has 1 aliphatic rings. The van der Waals surface area contributed by atoms with Gasteiger partial charge in [0.15, 0.2) is 6.29 Å². The molecule has 5 heteroatoms. The van der Waals surface area contributed by atoms with Crippen LogP contribution >= 0.6 is 0 Å². The lowest BCUT2D eigenvalue weighted by Crippen LogP contribution is -2.37. The molecule has 1 aromatic rings. The highest BCUT2D eigenvalue weighted by atomic mass is 16.1. The molecule has 0 aromatic carbocycles. The minimum atomic E-state index is -0.464. The van der Waals surface area contributed by atoms with Gasteiger partial charge in [-0.25, -0.2) is 0 Å². The van der Waals surface area contributed by atoms with Crippen LogP contribution in [0.3, 0.4) is 0 Å². The van der Waals surface area contributed by atoms with Gasteiger partial charge < -0.3 is 15.6 Å². The number of aromatic nitrogens is 1. The number of nitrogens with zero attached hydrogens (tertiary/aromatic N) is 1. The Kier molecular flexibility index (Phi) is 4.04. The number of rotatable bonds is 4. The van der Waals surface area contributed by atoms with Gasteiger partial charge in [0, 0.05) is 18.3 Å². The standard InChI is InChI=1S/C14H21N3O2/c1-9-12(8-18)17(10(2)13(9)14(15)19)7-11-5-3-4-6-16-11/h8,11,16H,3-7H2,1-2H3,(H2,15,19). The lowest BCUT2D eigenvalue weighted by atomic mass is 10.0. The summed E-state index contributed by atoms with van der Waals surface area (Å²) in [5.41, 5.74) is 7.94. The number of hydrogen-bond donors (Lipinski definition) is 2. The van der Waals surface area contributed by atoms with Gasteiger partial charge in [0.25, 0.3) is 5.91 Å². The Labute approximate surface area is 113 Å². The number of aldehydes is 1. The Hall–Kier alpha value is -1.62. The van der Waals surface area contributed by atoms with Gasteiger partial charge in [-0.05, 0) is 38.8 Å². The predicted octanol–water partition coefficient (Wildman–Crippen LogP) is 1.16. The topological polar surface area (TPSA) is 77.1 Å². The maximum Gasteiger partial charge on any atom is 0.250 e. The molecule has 0 radical (unpaired) electrons. The molecule has 3 N–H and O–H groups in total. The molecule has 0 spiro atoms. The quantitative estimate of drug-likeness (QED) is 0.800. The summed E-state index contributed by atoms with van der Waals surface area (Å²) in [5, 5.41) is 3.45. The number of carbonyl (C=O) groups excluding carboxylic acids is 2. The zero-order chi connectivity index (χ0) is 14.0. The highest BCUT2D eigenvalue weighted by Gasteiger charge is 2.22. The van der Waals surface area contributed by atoms with Crippen LogP contribution in [-0.4, -0.2) is 29.3 Å². The molecular formula is C14H21N3O2. The molecular weight excluding hydrogens is 242 g/mol. The third kappa shape index (κ3) is 2.56. The fourth-order valence-corrected chi connectivity index (χ4v) is 2.97. The van der Waals surface area contributed by atoms with E-state index in [-0.39, 0.29) is 0 Å². The van der Waals surface area contributed by atoms with Gasteiger partial charge >= 0.3 is 0 Å². The largest absolute Gasteiger partial charge is 0.366 e. The summed E-state index contributed by atoms with van der Waals surface area (Å²) in [4.78, 5) is 22.8. The van der Waals surface area contributed by atoms with E-state index < -0.39 is 5.91 Å². The average Bonchev–Trinajstić information content (AvgIpc) is 2.62. The van der Waals surface area contributed by atoms with Gasteiger partial charge in [-0.2, -0.15) is 0 Å². The minimum absolute atomic E-state index is 0.360. The van der Waals surface area contributed by atoms with E-state index in [0.717, 1.165) is 24.9 Å². The molecule has 1 amide bonds. The van der Waals surface area contributed by atoms with E-state index in [1.54, 1.807) is 6.92 Å². The minimum Gasteiger partial charge on any atom is -0.366 e. The number of amides is 1. The number of nitrogens with two attached hydrogens (primary N) is 1. The Morgan fingerprint density at radius 2 is 2.21 bits per heavy atom. The first-order valence-corrected chi connectivity index (χ1v) is 6.74. The Balaban J connectivity index is 2.35. The summed E-state index contributed by atoms with van der Waals surface area (Å²) < 4.78 is 1.92. The van der Waals surface area contributed by atoms with Crippen LogP contribution in [0.1, 0.15) is 51.4 Å². The third-order valence-electron chi connectivity index (χ3n) is 3.99. The summed E-state index contributed by atoms with van der Waals surface area (Å²) in [6.45, 7) is 5.36. The zero-order valence-electron chi connectivity index (χ0n) is 11.5. The van der Waals surface area contributed by atoms with Crippen LogP contribution in [0.15, 0.2) is 0 Å². The number of carbonyl (C=O) groups is 2. The summed E-state index contributed by atoms with van der Waals surface area (Å²) in [7, 11) is 0. The highest BCUT2D eigenvalue weighted by molar-refractivity contribution is 5.98. The fourth-order valence-electron chi connectivity index (χ4n) is 2.97. The van der Waals surface area contributed by atoms with Crippen molar-refractivity contribution in [2.45, 2.75) is 45.7 Å². The molecule has 1 unspecified atom stereocenters. The van der Waals surface area contributed by atoms with E-state index in [2.05, 4.69) is 5.32 Å². The van der Waals surface area contributed by atoms with Crippen molar-refractivity contribution in [2.75, 3.05) is 6.54 Å². The molecule has 0 saturated carbocycles. The van der Waals surface area contributed by atoms with Crippen LogP contribution in [-0.2, 0) is 6.54 Å². The zero-order valence-corrected chi connectivity index (χ0v) is 11.5. The van der Waals surface area contributed by atoms with E-state index in [1.807, 2.05) is 11.5 Å². The van der Waals surface area contributed by atoms with Crippen molar-refractivity contribution in [1.82, 2.24) is 9.88 Å². The van der Waals surface area contributed by atoms with Gasteiger partial charge in [-0.15, -0.1) is 0 Å². The first-order chi connectivity index (χ1) is 9.06. The Morgan fingerprint density at radius 3 is 2.74 bits per heavy atom. The van der Waals surface area contributed by atoms with E-state index in [9.17, 15) is 9.59 Å². The van der Waals surface area contributed by atoms with Crippen LogP contribution < -0.4 is 11.1 Å². The van der Waals surface area contributed by atoms with Crippen LogP contribution in [0.5, 0.6) is 0 Å². The summed E-state index contributed by atoms with van der Waals surface area (Å²) in [5.74, 6) is -0.464. The van der Waals surface area contributed by atoms with Crippen molar-refractivity contribution in [3.8, 4) is 0 Å². The van der Waals surface area contributed by atoms with Gasteiger partial charge in [-0.1, -0.05) is 6.42 Å². The van der Waals surface area contributed by atoms with Crippen molar-refractivity contribution < 1.29 is 9.59 Å². The Bertz CT molecular complexity index is 499. The van der Waals surface area contributed by atoms with Crippen LogP contribution in [0, 0.1) is 13.8 Å². The SMILES string of the molecule is Cc1c(C(N)=O)c(C)n(CC2CCCCN2)c1C=O. The second-order valence-electron chi connectivity index (χ2n) is 5.21. The van der Waals surface area contributed by atoms with Gasteiger partial charge in [-0.3, -0.25) is 9.59 Å². The smallest absolute Gasteiger partial charge is 0.250 e. The van der Waals surface area contributed by atoms with E-state index >= 15 is 0 Å². The normalized spacial score (nSPS) is 19.4. The van der Waals surface area contributed by atoms with Gasteiger partial charge in [0.05, 0.1) is 11.3 Å². The predicted molar refractivity (Wildman–Crippen MR) is 73.5 cm³/mol. The number of nitrogens with one attached hydrogen (secondary N) is 1. The molecule has 2 rings (SSSR count). The maximum atomic E-state index is 11.5. The van der Waals surface area contributed by atoms with Gasteiger partial charge in [0.1, 0.15) is 0 Å². The van der Waals surface area contributed by atoms with Crippen molar-refractivity contribution >= 4 is 12.2 Å². The summed E-state index contributed by atoms with van der Waals surface area (Å²) >= 11 is 0. The number of hydrogen-bond acceptors (Lipinski definition) is 3. The first kappa shape index (κ1) is 13.8. The second-order valence-corrected chi connectivity index (χ2v) is 5.21. The van der Waals surface area contributed by atoms with Crippen LogP contribution in [0.4, 0.5) is 0 Å². The van der Waals surface area contributed by atoms with E-state index in [0.29, 0.717) is 29.4 Å². The van der Waals surface area contributed by atoms with Crippen molar-refractivity contribution in [1.29, 1.82) is 0 Å². The monoisotopic (exact) mass is 263 g/mol. The molecule has 104 valence electrons. The highest BCUT2D eigenvalue weighted by Crippen LogP contribution is 2.22. The van der Waals surface area contributed by atoms with Crippen molar-refractivity contribution in [3.63, 3.8) is 0 Å². The second kappa shape index (κ2) is 5.57. The molecule has 1 fully saturated rings.